The van der Waals surface area contributed by atoms with E-state index in [9.17, 15) is 4.79 Å². The van der Waals surface area contributed by atoms with Gasteiger partial charge in [-0.3, -0.25) is 9.48 Å². The summed E-state index contributed by atoms with van der Waals surface area (Å²) in [6, 6.07) is 10.6. The highest BCUT2D eigenvalue weighted by Crippen LogP contribution is 2.34. The predicted molar refractivity (Wildman–Crippen MR) is 109 cm³/mol. The third-order valence-electron chi connectivity index (χ3n) is 5.74. The molecule has 1 aliphatic rings. The molecule has 1 aromatic carbocycles. The Morgan fingerprint density at radius 3 is 2.86 bits per heavy atom. The lowest BCUT2D eigenvalue weighted by molar-refractivity contribution is -0.115. The quantitative estimate of drug-likeness (QED) is 0.735. The second-order valence-corrected chi connectivity index (χ2v) is 7.46. The molecule has 3 aromatic rings. The number of anilines is 1. The van der Waals surface area contributed by atoms with Gasteiger partial charge in [0.1, 0.15) is 5.82 Å². The molecular weight excluding hydrogens is 350 g/mol. The van der Waals surface area contributed by atoms with Gasteiger partial charge in [0.05, 0.1) is 24.4 Å². The van der Waals surface area contributed by atoms with Crippen molar-refractivity contribution >= 4 is 11.7 Å². The zero-order valence-corrected chi connectivity index (χ0v) is 16.8. The number of nitrogens with zero attached hydrogens (tertiary/aromatic N) is 4. The number of benzene rings is 1. The van der Waals surface area contributed by atoms with Gasteiger partial charge in [-0.2, -0.15) is 10.2 Å². The van der Waals surface area contributed by atoms with Crippen LogP contribution in [0.15, 0.2) is 36.5 Å². The smallest absolute Gasteiger partial charge is 0.230 e. The number of hydrogen-bond donors (Lipinski definition) is 1. The number of hydrogen-bond acceptors (Lipinski definition) is 3. The molecule has 0 radical (unpaired) electrons. The van der Waals surface area contributed by atoms with Gasteiger partial charge in [0.25, 0.3) is 0 Å². The average Bonchev–Trinajstić information content (AvgIpc) is 3.26. The van der Waals surface area contributed by atoms with E-state index >= 15 is 0 Å². The van der Waals surface area contributed by atoms with Gasteiger partial charge in [0.2, 0.25) is 5.91 Å². The fourth-order valence-electron chi connectivity index (χ4n) is 4.29. The third-order valence-corrected chi connectivity index (χ3v) is 5.74. The van der Waals surface area contributed by atoms with E-state index in [1.165, 1.54) is 11.1 Å². The number of carbonyl (C=O) groups excluding carboxylic acids is 1. The molecule has 0 fully saturated rings. The van der Waals surface area contributed by atoms with Crippen molar-refractivity contribution < 1.29 is 4.79 Å². The minimum absolute atomic E-state index is 0.0345. The topological polar surface area (TPSA) is 64.7 Å². The maximum atomic E-state index is 12.8. The van der Waals surface area contributed by atoms with Gasteiger partial charge in [0.15, 0.2) is 0 Å². The lowest BCUT2D eigenvalue weighted by atomic mass is 9.88. The van der Waals surface area contributed by atoms with Crippen molar-refractivity contribution in [1.82, 2.24) is 19.6 Å². The van der Waals surface area contributed by atoms with Crippen LogP contribution in [0.2, 0.25) is 0 Å². The number of fused-ring (bicyclic) bond motifs is 1. The molecule has 2 aromatic heterocycles. The van der Waals surface area contributed by atoms with Crippen molar-refractivity contribution in [3.8, 4) is 0 Å². The summed E-state index contributed by atoms with van der Waals surface area (Å²) in [5.41, 5.74) is 5.68. The third kappa shape index (κ3) is 3.35. The molecule has 0 aliphatic heterocycles. The minimum atomic E-state index is -0.0345. The van der Waals surface area contributed by atoms with E-state index in [2.05, 4.69) is 46.7 Å². The fraction of sp³-hybridized carbons (Fsp3) is 0.409. The Morgan fingerprint density at radius 2 is 2.07 bits per heavy atom. The number of aromatic nitrogens is 4. The highest BCUT2D eigenvalue weighted by molar-refractivity contribution is 5.91. The van der Waals surface area contributed by atoms with Crippen LogP contribution in [0, 0.1) is 13.8 Å². The second kappa shape index (κ2) is 7.62. The molecule has 28 heavy (non-hydrogen) atoms. The standard InChI is InChI=1S/C22H27N5O/c1-4-26-16(3)19(15(2)25-26)14-22(28)24-21-12-13-23-27(21)20-11-7-9-17-8-5-6-10-18(17)20/h5-6,8,10,12-13,20H,4,7,9,11,14H2,1-3H3,(H,24,28). The molecule has 0 bridgehead atoms. The van der Waals surface area contributed by atoms with E-state index in [0.29, 0.717) is 6.42 Å². The fourth-order valence-corrected chi connectivity index (χ4v) is 4.29. The van der Waals surface area contributed by atoms with E-state index in [-0.39, 0.29) is 11.9 Å². The average molecular weight is 377 g/mol. The van der Waals surface area contributed by atoms with Gasteiger partial charge < -0.3 is 5.32 Å². The van der Waals surface area contributed by atoms with Gasteiger partial charge in [-0.05, 0) is 51.2 Å². The number of carbonyl (C=O) groups is 1. The molecule has 1 aliphatic carbocycles. The molecule has 0 spiro atoms. The number of nitrogens with one attached hydrogen (secondary N) is 1. The summed E-state index contributed by atoms with van der Waals surface area (Å²) < 4.78 is 3.91. The van der Waals surface area contributed by atoms with Gasteiger partial charge in [-0.15, -0.1) is 0 Å². The van der Waals surface area contributed by atoms with Gasteiger partial charge in [-0.1, -0.05) is 24.3 Å². The molecule has 1 unspecified atom stereocenters. The van der Waals surface area contributed by atoms with E-state index in [0.717, 1.165) is 48.6 Å². The molecule has 0 saturated heterocycles. The molecule has 0 saturated carbocycles. The lowest BCUT2D eigenvalue weighted by Crippen LogP contribution is -2.23. The van der Waals surface area contributed by atoms with Crippen molar-refractivity contribution in [3.63, 3.8) is 0 Å². The predicted octanol–water partition coefficient (Wildman–Crippen LogP) is 3.82. The zero-order valence-electron chi connectivity index (χ0n) is 16.8. The summed E-state index contributed by atoms with van der Waals surface area (Å²) in [5.74, 6) is 0.720. The summed E-state index contributed by atoms with van der Waals surface area (Å²) in [4.78, 5) is 12.8. The molecule has 1 N–H and O–H groups in total. The maximum absolute atomic E-state index is 12.8. The summed E-state index contributed by atoms with van der Waals surface area (Å²) in [7, 11) is 0. The first-order chi connectivity index (χ1) is 13.6. The summed E-state index contributed by atoms with van der Waals surface area (Å²) >= 11 is 0. The Balaban J connectivity index is 1.55. The van der Waals surface area contributed by atoms with E-state index in [1.807, 2.05) is 29.3 Å². The molecule has 2 heterocycles. The highest BCUT2D eigenvalue weighted by Gasteiger charge is 2.24. The molecule has 6 nitrogen and oxygen atoms in total. The molecule has 1 amide bonds. The Bertz CT molecular complexity index is 1000. The first-order valence-corrected chi connectivity index (χ1v) is 10.0. The van der Waals surface area contributed by atoms with Crippen LogP contribution in [0.5, 0.6) is 0 Å². The maximum Gasteiger partial charge on any atom is 0.230 e. The summed E-state index contributed by atoms with van der Waals surface area (Å²) in [6.45, 7) is 6.85. The Morgan fingerprint density at radius 1 is 1.25 bits per heavy atom. The normalized spacial score (nSPS) is 16.0. The van der Waals surface area contributed by atoms with Gasteiger partial charge >= 0.3 is 0 Å². The van der Waals surface area contributed by atoms with Gasteiger partial charge in [0, 0.05) is 23.9 Å². The van der Waals surface area contributed by atoms with Crippen molar-refractivity contribution in [1.29, 1.82) is 0 Å². The minimum Gasteiger partial charge on any atom is -0.311 e. The van der Waals surface area contributed by atoms with Crippen LogP contribution >= 0.6 is 0 Å². The molecule has 4 rings (SSSR count). The van der Waals surface area contributed by atoms with Crippen molar-refractivity contribution in [2.75, 3.05) is 5.32 Å². The van der Waals surface area contributed by atoms with E-state index < -0.39 is 0 Å². The molecular formula is C22H27N5O. The van der Waals surface area contributed by atoms with Crippen LogP contribution in [-0.2, 0) is 24.2 Å². The Kier molecular flexibility index (Phi) is 5.03. The van der Waals surface area contributed by atoms with E-state index in [4.69, 9.17) is 0 Å². The van der Waals surface area contributed by atoms with E-state index in [1.54, 1.807) is 6.20 Å². The molecule has 146 valence electrons. The Labute approximate surface area is 165 Å². The summed E-state index contributed by atoms with van der Waals surface area (Å²) in [5, 5.41) is 12.1. The van der Waals surface area contributed by atoms with Crippen LogP contribution < -0.4 is 5.32 Å². The van der Waals surface area contributed by atoms with Crippen molar-refractivity contribution in [3.05, 3.63) is 64.6 Å². The SMILES string of the molecule is CCn1nc(C)c(CC(=O)Nc2ccnn2C2CCCc3ccccc32)c1C. The molecule has 6 heteroatoms. The molecule has 1 atom stereocenters. The van der Waals surface area contributed by atoms with Crippen molar-refractivity contribution in [2.24, 2.45) is 0 Å². The lowest BCUT2D eigenvalue weighted by Gasteiger charge is -2.27. The number of amides is 1. The largest absolute Gasteiger partial charge is 0.311 e. The van der Waals surface area contributed by atoms with Crippen LogP contribution in [0.1, 0.15) is 53.9 Å². The number of aryl methyl sites for hydroxylation is 3. The summed E-state index contributed by atoms with van der Waals surface area (Å²) in [6.07, 6.45) is 5.35. The van der Waals surface area contributed by atoms with Crippen LogP contribution in [-0.4, -0.2) is 25.5 Å². The van der Waals surface area contributed by atoms with Crippen molar-refractivity contribution in [2.45, 2.75) is 59.0 Å². The first-order valence-electron chi connectivity index (χ1n) is 10.0. The van der Waals surface area contributed by atoms with Crippen LogP contribution in [0.4, 0.5) is 5.82 Å². The van der Waals surface area contributed by atoms with Crippen LogP contribution in [0.25, 0.3) is 0 Å². The van der Waals surface area contributed by atoms with Gasteiger partial charge in [-0.25, -0.2) is 4.68 Å². The number of rotatable bonds is 5. The van der Waals surface area contributed by atoms with Crippen LogP contribution in [0.3, 0.4) is 0 Å². The second-order valence-electron chi connectivity index (χ2n) is 7.46. The zero-order chi connectivity index (χ0) is 19.7. The monoisotopic (exact) mass is 377 g/mol. The Hall–Kier alpha value is -2.89. The highest BCUT2D eigenvalue weighted by atomic mass is 16.1. The first kappa shape index (κ1) is 18.5.